The van der Waals surface area contributed by atoms with Gasteiger partial charge in [0.25, 0.3) is 0 Å². The van der Waals surface area contributed by atoms with Crippen molar-refractivity contribution in [2.75, 3.05) is 36.5 Å². The fraction of sp³-hybridized carbons (Fsp3) is 0.440. The van der Waals surface area contributed by atoms with Crippen LogP contribution >= 0.6 is 0 Å². The van der Waals surface area contributed by atoms with E-state index in [2.05, 4.69) is 27.7 Å². The van der Waals surface area contributed by atoms with Crippen LogP contribution in [-0.4, -0.2) is 56.2 Å². The number of ether oxygens (including phenoxy) is 1. The maximum atomic E-state index is 13.4. The van der Waals surface area contributed by atoms with Crippen molar-refractivity contribution in [3.8, 4) is 0 Å². The summed E-state index contributed by atoms with van der Waals surface area (Å²) in [7, 11) is 0. The van der Waals surface area contributed by atoms with Gasteiger partial charge >= 0.3 is 23.9 Å². The number of hydrogen-bond donors (Lipinski definition) is 2. The summed E-state index contributed by atoms with van der Waals surface area (Å²) in [6.07, 6.45) is -10.4. The summed E-state index contributed by atoms with van der Waals surface area (Å²) in [6, 6.07) is 9.95. The van der Waals surface area contributed by atoms with Gasteiger partial charge in [-0.3, -0.25) is 9.59 Å². The molecule has 1 fully saturated rings. The van der Waals surface area contributed by atoms with Crippen molar-refractivity contribution < 1.29 is 45.1 Å². The number of nitrogens with one attached hydrogen (secondary N) is 2. The maximum absolute atomic E-state index is 13.4. The van der Waals surface area contributed by atoms with Crippen LogP contribution < -0.4 is 15.5 Å². The number of alkyl halides is 6. The van der Waals surface area contributed by atoms with E-state index in [1.54, 1.807) is 6.07 Å². The second kappa shape index (κ2) is 10.5. The molecule has 206 valence electrons. The Morgan fingerprint density at radius 1 is 1.05 bits per heavy atom. The lowest BCUT2D eigenvalue weighted by Gasteiger charge is -2.33. The number of piperidine rings is 1. The maximum Gasteiger partial charge on any atom is 0.458 e. The highest BCUT2D eigenvalue weighted by Crippen LogP contribution is 2.47. The third kappa shape index (κ3) is 5.78. The predicted octanol–water partition coefficient (Wildman–Crippen LogP) is 4.92. The molecule has 6 nitrogen and oxygen atoms in total. The molecule has 0 aliphatic carbocycles. The van der Waals surface area contributed by atoms with Crippen molar-refractivity contribution in [3.05, 3.63) is 52.8 Å². The number of ketones is 2. The first kappa shape index (κ1) is 27.8. The molecule has 0 saturated carbocycles. The number of benzene rings is 2. The minimum absolute atomic E-state index is 0.200. The van der Waals surface area contributed by atoms with Crippen LogP contribution in [0.15, 0.2) is 30.3 Å². The molecule has 0 unspecified atom stereocenters. The topological polar surface area (TPSA) is 70.7 Å². The molecule has 5 rings (SSSR count). The molecule has 0 radical (unpaired) electrons. The Morgan fingerprint density at radius 2 is 1.74 bits per heavy atom. The zero-order valence-corrected chi connectivity index (χ0v) is 20.1. The largest absolute Gasteiger partial charge is 0.458 e. The molecule has 0 aromatic heterocycles. The Kier molecular flexibility index (Phi) is 7.71. The van der Waals surface area contributed by atoms with Gasteiger partial charge in [0.1, 0.15) is 5.82 Å². The van der Waals surface area contributed by atoms with Gasteiger partial charge in [-0.1, -0.05) is 0 Å². The number of anilines is 3. The smallest absolute Gasteiger partial charge is 0.375 e. The van der Waals surface area contributed by atoms with Gasteiger partial charge < -0.3 is 20.3 Å². The minimum Gasteiger partial charge on any atom is -0.375 e. The molecule has 2 aromatic rings. The molecule has 13 heteroatoms. The lowest BCUT2D eigenvalue weighted by Crippen LogP contribution is -2.44. The summed E-state index contributed by atoms with van der Waals surface area (Å²) in [5.41, 5.74) is 6.99. The number of nitrogens with zero attached hydrogens (tertiary/aromatic N) is 1. The van der Waals surface area contributed by atoms with Gasteiger partial charge in [-0.05, 0) is 61.3 Å². The lowest BCUT2D eigenvalue weighted by atomic mass is 9.89. The van der Waals surface area contributed by atoms with E-state index >= 15 is 0 Å². The fourth-order valence-corrected chi connectivity index (χ4v) is 5.04. The van der Waals surface area contributed by atoms with Crippen LogP contribution in [0.2, 0.25) is 0 Å². The third-order valence-corrected chi connectivity index (χ3v) is 6.67. The molecule has 2 N–H and O–H groups in total. The van der Waals surface area contributed by atoms with E-state index in [1.807, 2.05) is 13.0 Å². The highest BCUT2D eigenvalue weighted by molar-refractivity contribution is 6.41. The van der Waals surface area contributed by atoms with E-state index in [0.717, 1.165) is 43.2 Å². The molecule has 3 aliphatic heterocycles. The Bertz CT molecular complexity index is 1210. The summed E-state index contributed by atoms with van der Waals surface area (Å²) in [4.78, 5) is 21.8. The van der Waals surface area contributed by atoms with Crippen molar-refractivity contribution >= 4 is 28.6 Å². The third-order valence-electron chi connectivity index (χ3n) is 6.67. The van der Waals surface area contributed by atoms with E-state index in [4.69, 9.17) is 4.74 Å². The number of carbonyl (C=O) groups excluding carboxylic acids is 2. The summed E-state index contributed by atoms with van der Waals surface area (Å²) in [5, 5.41) is 7.06. The Labute approximate surface area is 213 Å². The molecule has 1 saturated heterocycles. The molecule has 2 atom stereocenters. The van der Waals surface area contributed by atoms with E-state index < -0.39 is 23.9 Å². The molecule has 3 aliphatic rings. The molecular weight excluding hydrogens is 523 g/mol. The zero-order valence-electron chi connectivity index (χ0n) is 20.1. The first-order valence-electron chi connectivity index (χ1n) is 11.7. The molecule has 0 bridgehead atoms. The first-order valence-corrected chi connectivity index (χ1v) is 11.7. The number of aryl methyl sites for hydroxylation is 1. The Hall–Kier alpha value is -3.19. The van der Waals surface area contributed by atoms with Crippen LogP contribution in [-0.2, 0) is 20.9 Å². The highest BCUT2D eigenvalue weighted by Gasteiger charge is 2.54. The van der Waals surface area contributed by atoms with E-state index in [9.17, 15) is 40.3 Å². The SMILES string of the molecule is Cc1cc(F)ccc1Nc1cc2c3c(c1)[C@@H]1CNCC[C@@H]1N3CCOC2.O=C(C(=O)C(F)(F)F)C(F)(F)F. The molecular formula is C25H24F7N3O3. The Balaban J connectivity index is 0.000000240. The fourth-order valence-electron chi connectivity index (χ4n) is 5.04. The van der Waals surface area contributed by atoms with Gasteiger partial charge in [-0.25, -0.2) is 4.39 Å². The second-order valence-corrected chi connectivity index (χ2v) is 9.22. The summed E-state index contributed by atoms with van der Waals surface area (Å²) in [5.74, 6) is -6.48. The quantitative estimate of drug-likeness (QED) is 0.420. The van der Waals surface area contributed by atoms with E-state index in [1.165, 1.54) is 29.3 Å². The zero-order chi connectivity index (χ0) is 27.8. The van der Waals surface area contributed by atoms with Crippen LogP contribution in [0.3, 0.4) is 0 Å². The summed E-state index contributed by atoms with van der Waals surface area (Å²) >= 11 is 0. The van der Waals surface area contributed by atoms with Crippen LogP contribution in [0.1, 0.15) is 29.0 Å². The van der Waals surface area contributed by atoms with Crippen molar-refractivity contribution in [3.63, 3.8) is 0 Å². The van der Waals surface area contributed by atoms with Crippen molar-refractivity contribution in [2.24, 2.45) is 0 Å². The van der Waals surface area contributed by atoms with Crippen LogP contribution in [0.5, 0.6) is 0 Å². The molecule has 38 heavy (non-hydrogen) atoms. The summed E-state index contributed by atoms with van der Waals surface area (Å²) in [6.45, 7) is 6.47. The highest BCUT2D eigenvalue weighted by atomic mass is 19.4. The number of rotatable bonds is 3. The number of fused-ring (bicyclic) bond motifs is 3. The van der Waals surface area contributed by atoms with E-state index in [-0.39, 0.29) is 5.82 Å². The number of halogens is 7. The van der Waals surface area contributed by atoms with Gasteiger partial charge in [0.05, 0.1) is 13.2 Å². The van der Waals surface area contributed by atoms with Crippen molar-refractivity contribution in [2.45, 2.75) is 44.3 Å². The molecule has 0 amide bonds. The minimum atomic E-state index is -5.77. The van der Waals surface area contributed by atoms with Gasteiger partial charge in [0.2, 0.25) is 0 Å². The van der Waals surface area contributed by atoms with Crippen LogP contribution in [0.4, 0.5) is 47.8 Å². The van der Waals surface area contributed by atoms with Crippen LogP contribution in [0.25, 0.3) is 0 Å². The monoisotopic (exact) mass is 547 g/mol. The Morgan fingerprint density at radius 3 is 2.37 bits per heavy atom. The second-order valence-electron chi connectivity index (χ2n) is 9.22. The standard InChI is InChI=1S/C21H24FN3O.C4F6O2/c1-13-8-15(22)2-3-19(13)24-16-9-14-12-26-7-6-25-20-4-5-23-11-18(20)17(10-16)21(14)25;5-3(6,7)1(11)2(12)4(8,9)10/h2-3,8-10,18,20,23-24H,4-7,11-12H2,1H3;/t18-,20-;/m0./s1. The van der Waals surface area contributed by atoms with Gasteiger partial charge in [0, 0.05) is 47.7 Å². The van der Waals surface area contributed by atoms with Crippen molar-refractivity contribution in [1.82, 2.24) is 5.32 Å². The number of Topliss-reactive ketones (excluding diaryl/α,β-unsaturated/α-hetero) is 2. The normalized spacial score (nSPS) is 20.5. The predicted molar refractivity (Wildman–Crippen MR) is 124 cm³/mol. The molecule has 3 heterocycles. The molecule has 2 aromatic carbocycles. The average molecular weight is 547 g/mol. The first-order chi connectivity index (χ1) is 17.8. The van der Waals surface area contributed by atoms with Crippen LogP contribution in [0, 0.1) is 12.7 Å². The van der Waals surface area contributed by atoms with Gasteiger partial charge in [0.15, 0.2) is 0 Å². The number of carbonyl (C=O) groups is 2. The van der Waals surface area contributed by atoms with E-state index in [0.29, 0.717) is 18.6 Å². The van der Waals surface area contributed by atoms with Crippen molar-refractivity contribution in [1.29, 1.82) is 0 Å². The van der Waals surface area contributed by atoms with Gasteiger partial charge in [-0.15, -0.1) is 0 Å². The lowest BCUT2D eigenvalue weighted by molar-refractivity contribution is -0.193. The summed E-state index contributed by atoms with van der Waals surface area (Å²) < 4.78 is 86.2. The number of hydrogen-bond acceptors (Lipinski definition) is 6. The average Bonchev–Trinajstić information content (AvgIpc) is 2.99. The molecule has 0 spiro atoms. The van der Waals surface area contributed by atoms with Gasteiger partial charge in [-0.2, -0.15) is 26.3 Å².